The molecule has 2 atom stereocenters. The Kier molecular flexibility index (Phi) is 5.80. The van der Waals surface area contributed by atoms with Gasteiger partial charge in [-0.2, -0.15) is 0 Å². The van der Waals surface area contributed by atoms with Crippen LogP contribution in [0.1, 0.15) is 44.7 Å². The van der Waals surface area contributed by atoms with E-state index in [9.17, 15) is 5.11 Å². The fourth-order valence-electron chi connectivity index (χ4n) is 2.17. The number of aryl methyl sites for hydroxylation is 1. The highest BCUT2D eigenvalue weighted by Crippen LogP contribution is 2.23. The van der Waals surface area contributed by atoms with Gasteiger partial charge in [0.05, 0.1) is 5.69 Å². The van der Waals surface area contributed by atoms with Crippen LogP contribution in [-0.4, -0.2) is 28.1 Å². The van der Waals surface area contributed by atoms with Crippen LogP contribution in [0, 0.1) is 6.92 Å². The molecule has 0 spiro atoms. The maximum absolute atomic E-state index is 10.0. The van der Waals surface area contributed by atoms with Crippen LogP contribution in [-0.2, 0) is 0 Å². The SMILES string of the molecule is Cc1cc(C=Cc2ccccc2OC(NC(C)(C)C)C(C)O)on1. The van der Waals surface area contributed by atoms with Crippen LogP contribution in [0.25, 0.3) is 12.2 Å². The highest BCUT2D eigenvalue weighted by molar-refractivity contribution is 5.70. The van der Waals surface area contributed by atoms with E-state index in [1.165, 1.54) is 0 Å². The molecule has 0 saturated carbocycles. The molecule has 0 amide bonds. The third-order valence-corrected chi connectivity index (χ3v) is 3.26. The molecule has 0 aliphatic carbocycles. The first-order chi connectivity index (χ1) is 11.2. The van der Waals surface area contributed by atoms with Crippen molar-refractivity contribution in [2.45, 2.75) is 52.5 Å². The molecular formula is C19H26N2O3. The highest BCUT2D eigenvalue weighted by atomic mass is 16.5. The van der Waals surface area contributed by atoms with Crippen LogP contribution >= 0.6 is 0 Å². The summed E-state index contributed by atoms with van der Waals surface area (Å²) in [7, 11) is 0. The number of nitrogens with one attached hydrogen (secondary N) is 1. The lowest BCUT2D eigenvalue weighted by atomic mass is 10.1. The van der Waals surface area contributed by atoms with Gasteiger partial charge in [0, 0.05) is 17.2 Å². The first kappa shape index (κ1) is 18.2. The molecule has 2 unspecified atom stereocenters. The number of hydrogen-bond donors (Lipinski definition) is 2. The van der Waals surface area contributed by atoms with Crippen LogP contribution in [0.4, 0.5) is 0 Å². The molecule has 24 heavy (non-hydrogen) atoms. The van der Waals surface area contributed by atoms with Crippen LogP contribution < -0.4 is 10.1 Å². The van der Waals surface area contributed by atoms with E-state index in [0.29, 0.717) is 11.5 Å². The van der Waals surface area contributed by atoms with E-state index in [0.717, 1.165) is 11.3 Å². The Bertz CT molecular complexity index is 684. The Morgan fingerprint density at radius 1 is 1.25 bits per heavy atom. The minimum atomic E-state index is -0.654. The number of nitrogens with zero attached hydrogens (tertiary/aromatic N) is 1. The monoisotopic (exact) mass is 330 g/mol. The molecule has 2 aromatic rings. The molecule has 0 fully saturated rings. The molecule has 1 heterocycles. The van der Waals surface area contributed by atoms with Crippen LogP contribution in [0.2, 0.25) is 0 Å². The van der Waals surface area contributed by atoms with E-state index < -0.39 is 12.3 Å². The summed E-state index contributed by atoms with van der Waals surface area (Å²) in [4.78, 5) is 0. The average molecular weight is 330 g/mol. The summed E-state index contributed by atoms with van der Waals surface area (Å²) in [6.07, 6.45) is 2.59. The Labute approximate surface area is 143 Å². The van der Waals surface area contributed by atoms with Gasteiger partial charge in [0.1, 0.15) is 11.9 Å². The topological polar surface area (TPSA) is 67.5 Å². The second-order valence-electron chi connectivity index (χ2n) is 6.92. The van der Waals surface area contributed by atoms with Gasteiger partial charge in [-0.3, -0.25) is 5.32 Å². The molecule has 0 bridgehead atoms. The summed E-state index contributed by atoms with van der Waals surface area (Å²) in [6.45, 7) is 9.68. The van der Waals surface area contributed by atoms with E-state index in [-0.39, 0.29) is 5.54 Å². The highest BCUT2D eigenvalue weighted by Gasteiger charge is 2.23. The minimum absolute atomic E-state index is 0.177. The van der Waals surface area contributed by atoms with Gasteiger partial charge in [0.2, 0.25) is 0 Å². The fourth-order valence-corrected chi connectivity index (χ4v) is 2.17. The molecule has 1 aromatic heterocycles. The molecule has 130 valence electrons. The van der Waals surface area contributed by atoms with Crippen molar-refractivity contribution < 1.29 is 14.4 Å². The number of rotatable bonds is 6. The van der Waals surface area contributed by atoms with Crippen LogP contribution in [0.15, 0.2) is 34.9 Å². The minimum Gasteiger partial charge on any atom is -0.472 e. The first-order valence-electron chi connectivity index (χ1n) is 8.07. The standard InChI is InChI=1S/C19H26N2O3/c1-13-12-16(24-21-13)11-10-15-8-6-7-9-17(15)23-18(14(2)22)20-19(3,4)5/h6-12,14,18,20,22H,1-5H3. The fraction of sp³-hybridized carbons (Fsp3) is 0.421. The lowest BCUT2D eigenvalue weighted by Crippen LogP contribution is -2.51. The molecule has 1 aromatic carbocycles. The molecule has 0 saturated heterocycles. The molecule has 0 radical (unpaired) electrons. The Morgan fingerprint density at radius 3 is 2.54 bits per heavy atom. The van der Waals surface area contributed by atoms with Crippen LogP contribution in [0.3, 0.4) is 0 Å². The largest absolute Gasteiger partial charge is 0.472 e. The van der Waals surface area contributed by atoms with Crippen molar-refractivity contribution in [3.8, 4) is 5.75 Å². The molecule has 0 aliphatic heterocycles. The summed E-state index contributed by atoms with van der Waals surface area (Å²) >= 11 is 0. The summed E-state index contributed by atoms with van der Waals surface area (Å²) in [5.41, 5.74) is 1.56. The van der Waals surface area contributed by atoms with Gasteiger partial charge in [0.25, 0.3) is 0 Å². The quantitative estimate of drug-likeness (QED) is 0.792. The zero-order chi connectivity index (χ0) is 17.7. The molecular weight excluding hydrogens is 304 g/mol. The molecule has 0 aliphatic rings. The van der Waals surface area contributed by atoms with Crippen molar-refractivity contribution in [3.63, 3.8) is 0 Å². The van der Waals surface area contributed by atoms with Crippen molar-refractivity contribution in [2.24, 2.45) is 0 Å². The molecule has 2 N–H and O–H groups in total. The van der Waals surface area contributed by atoms with Gasteiger partial charge in [-0.25, -0.2) is 0 Å². The van der Waals surface area contributed by atoms with Crippen molar-refractivity contribution in [2.75, 3.05) is 0 Å². The predicted molar refractivity (Wildman–Crippen MR) is 95.6 cm³/mol. The van der Waals surface area contributed by atoms with Crippen LogP contribution in [0.5, 0.6) is 5.75 Å². The van der Waals surface area contributed by atoms with Gasteiger partial charge in [0.15, 0.2) is 12.0 Å². The van der Waals surface area contributed by atoms with E-state index in [1.807, 2.05) is 70.2 Å². The number of ether oxygens (including phenoxy) is 1. The zero-order valence-corrected chi connectivity index (χ0v) is 14.9. The van der Waals surface area contributed by atoms with E-state index >= 15 is 0 Å². The lowest BCUT2D eigenvalue weighted by Gasteiger charge is -2.31. The third-order valence-electron chi connectivity index (χ3n) is 3.26. The summed E-state index contributed by atoms with van der Waals surface area (Å²) in [6, 6.07) is 9.53. The smallest absolute Gasteiger partial charge is 0.176 e. The molecule has 2 rings (SSSR count). The maximum Gasteiger partial charge on any atom is 0.176 e. The van der Waals surface area contributed by atoms with Gasteiger partial charge in [-0.15, -0.1) is 0 Å². The van der Waals surface area contributed by atoms with Crippen molar-refractivity contribution in [1.82, 2.24) is 10.5 Å². The number of hydrogen-bond acceptors (Lipinski definition) is 5. The van der Waals surface area contributed by atoms with Gasteiger partial charge in [-0.05, 0) is 52.8 Å². The maximum atomic E-state index is 10.0. The number of aromatic nitrogens is 1. The zero-order valence-electron chi connectivity index (χ0n) is 14.9. The Morgan fingerprint density at radius 2 is 1.96 bits per heavy atom. The number of aliphatic hydroxyl groups excluding tert-OH is 1. The Hall–Kier alpha value is -2.11. The van der Waals surface area contributed by atoms with Crippen molar-refractivity contribution in [3.05, 3.63) is 47.3 Å². The molecule has 5 heteroatoms. The van der Waals surface area contributed by atoms with Gasteiger partial charge < -0.3 is 14.4 Å². The third kappa shape index (κ3) is 5.51. The van der Waals surface area contributed by atoms with Crippen molar-refractivity contribution in [1.29, 1.82) is 0 Å². The number of aliphatic hydroxyl groups is 1. The van der Waals surface area contributed by atoms with E-state index in [2.05, 4.69) is 10.5 Å². The summed E-state index contributed by atoms with van der Waals surface area (Å²) in [5, 5.41) is 17.2. The van der Waals surface area contributed by atoms with E-state index in [1.54, 1.807) is 6.92 Å². The second kappa shape index (κ2) is 7.64. The van der Waals surface area contributed by atoms with Gasteiger partial charge in [-0.1, -0.05) is 23.4 Å². The number of para-hydroxylation sites is 1. The average Bonchev–Trinajstić information content (AvgIpc) is 2.90. The normalized spacial score (nSPS) is 14.8. The first-order valence-corrected chi connectivity index (χ1v) is 8.07. The van der Waals surface area contributed by atoms with Gasteiger partial charge >= 0.3 is 0 Å². The Balaban J connectivity index is 2.19. The van der Waals surface area contributed by atoms with Crippen molar-refractivity contribution >= 4 is 12.2 Å². The molecule has 5 nitrogen and oxygen atoms in total. The lowest BCUT2D eigenvalue weighted by molar-refractivity contribution is 0.0112. The second-order valence-corrected chi connectivity index (χ2v) is 6.92. The summed E-state index contributed by atoms with van der Waals surface area (Å²) in [5.74, 6) is 1.37. The number of benzene rings is 1. The predicted octanol–water partition coefficient (Wildman–Crippen LogP) is 3.63. The summed E-state index contributed by atoms with van der Waals surface area (Å²) < 4.78 is 11.2. The van der Waals surface area contributed by atoms with E-state index in [4.69, 9.17) is 9.26 Å².